The molecule has 0 aliphatic heterocycles. The van der Waals surface area contributed by atoms with Gasteiger partial charge in [-0.25, -0.2) is 4.39 Å². The number of rotatable bonds is 5. The standard InChI is InChI=1S/C10H11ClFNO4/c11-4-3-9(14)10(15)7-5-6(13(16)17)1-2-8(7)12/h1-2,5,9-10,14-15H,3-4H2. The molecule has 2 atom stereocenters. The summed E-state index contributed by atoms with van der Waals surface area (Å²) in [5.74, 6) is -0.717. The van der Waals surface area contributed by atoms with Crippen LogP contribution >= 0.6 is 11.6 Å². The maximum absolute atomic E-state index is 13.4. The molecule has 7 heteroatoms. The minimum absolute atomic E-state index is 0.0604. The van der Waals surface area contributed by atoms with Crippen molar-refractivity contribution in [1.29, 1.82) is 0 Å². The van der Waals surface area contributed by atoms with E-state index in [1.165, 1.54) is 0 Å². The number of non-ortho nitro benzene ring substituents is 1. The number of nitro benzene ring substituents is 1. The molecule has 0 amide bonds. The average molecular weight is 264 g/mol. The van der Waals surface area contributed by atoms with Crippen LogP contribution in [0.4, 0.5) is 10.1 Å². The zero-order valence-corrected chi connectivity index (χ0v) is 9.47. The molecule has 17 heavy (non-hydrogen) atoms. The molecular weight excluding hydrogens is 253 g/mol. The van der Waals surface area contributed by atoms with Crippen molar-refractivity contribution in [3.63, 3.8) is 0 Å². The van der Waals surface area contributed by atoms with Crippen LogP contribution in [0.15, 0.2) is 18.2 Å². The molecule has 0 spiro atoms. The number of alkyl halides is 1. The van der Waals surface area contributed by atoms with Crippen LogP contribution in [0.3, 0.4) is 0 Å². The first-order valence-electron chi connectivity index (χ1n) is 4.83. The number of aliphatic hydroxyl groups is 2. The molecule has 1 rings (SSSR count). The van der Waals surface area contributed by atoms with Crippen molar-refractivity contribution >= 4 is 17.3 Å². The van der Waals surface area contributed by atoms with Gasteiger partial charge in [-0.1, -0.05) is 0 Å². The Hall–Kier alpha value is -1.24. The van der Waals surface area contributed by atoms with Crippen molar-refractivity contribution in [3.05, 3.63) is 39.7 Å². The third kappa shape index (κ3) is 3.36. The highest BCUT2D eigenvalue weighted by atomic mass is 35.5. The second-order valence-electron chi connectivity index (χ2n) is 3.45. The van der Waals surface area contributed by atoms with Crippen molar-refractivity contribution in [2.24, 2.45) is 0 Å². The number of benzene rings is 1. The molecule has 0 saturated carbocycles. The van der Waals surface area contributed by atoms with Gasteiger partial charge in [0.05, 0.1) is 11.0 Å². The number of halogens is 2. The van der Waals surface area contributed by atoms with Crippen molar-refractivity contribution < 1.29 is 19.5 Å². The van der Waals surface area contributed by atoms with Gasteiger partial charge in [0.1, 0.15) is 11.9 Å². The van der Waals surface area contributed by atoms with E-state index < -0.39 is 22.9 Å². The highest BCUT2D eigenvalue weighted by molar-refractivity contribution is 6.17. The van der Waals surface area contributed by atoms with E-state index in [0.717, 1.165) is 18.2 Å². The van der Waals surface area contributed by atoms with E-state index in [4.69, 9.17) is 11.6 Å². The third-order valence-electron chi connectivity index (χ3n) is 2.28. The molecular formula is C10H11ClFNO4. The SMILES string of the molecule is O=[N+]([O-])c1ccc(F)c(C(O)C(O)CCCl)c1. The fourth-order valence-corrected chi connectivity index (χ4v) is 1.57. The lowest BCUT2D eigenvalue weighted by molar-refractivity contribution is -0.385. The van der Waals surface area contributed by atoms with Crippen LogP contribution in [0.1, 0.15) is 18.1 Å². The molecule has 2 unspecified atom stereocenters. The van der Waals surface area contributed by atoms with Crippen molar-refractivity contribution in [1.82, 2.24) is 0 Å². The van der Waals surface area contributed by atoms with Crippen LogP contribution in [0.2, 0.25) is 0 Å². The maximum Gasteiger partial charge on any atom is 0.270 e. The highest BCUT2D eigenvalue weighted by Gasteiger charge is 2.23. The van der Waals surface area contributed by atoms with Crippen LogP contribution in [-0.2, 0) is 0 Å². The summed E-state index contributed by atoms with van der Waals surface area (Å²) < 4.78 is 13.4. The molecule has 0 saturated heterocycles. The Bertz CT molecular complexity index is 415. The van der Waals surface area contributed by atoms with Crippen molar-refractivity contribution in [3.8, 4) is 0 Å². The predicted octanol–water partition coefficient (Wildman–Crippen LogP) is 1.76. The summed E-state index contributed by atoms with van der Waals surface area (Å²) in [6.07, 6.45) is -2.73. The lowest BCUT2D eigenvalue weighted by Gasteiger charge is -2.17. The van der Waals surface area contributed by atoms with Crippen LogP contribution in [-0.4, -0.2) is 27.1 Å². The third-order valence-corrected chi connectivity index (χ3v) is 2.50. The van der Waals surface area contributed by atoms with E-state index in [9.17, 15) is 24.7 Å². The minimum Gasteiger partial charge on any atom is -0.390 e. The fourth-order valence-electron chi connectivity index (χ4n) is 1.35. The molecule has 1 aromatic rings. The van der Waals surface area contributed by atoms with E-state index in [0.29, 0.717) is 0 Å². The quantitative estimate of drug-likeness (QED) is 0.482. The van der Waals surface area contributed by atoms with E-state index >= 15 is 0 Å². The average Bonchev–Trinajstić information content (AvgIpc) is 2.28. The summed E-state index contributed by atoms with van der Waals surface area (Å²) >= 11 is 5.38. The zero-order valence-electron chi connectivity index (χ0n) is 8.72. The fraction of sp³-hybridized carbons (Fsp3) is 0.400. The van der Waals surface area contributed by atoms with E-state index in [1.54, 1.807) is 0 Å². The van der Waals surface area contributed by atoms with Gasteiger partial charge >= 0.3 is 0 Å². The first-order chi connectivity index (χ1) is 7.97. The molecule has 5 nitrogen and oxygen atoms in total. The maximum atomic E-state index is 13.4. The normalized spacial score (nSPS) is 14.4. The number of hydrogen-bond donors (Lipinski definition) is 2. The number of nitrogens with zero attached hydrogens (tertiary/aromatic N) is 1. The van der Waals surface area contributed by atoms with Crippen LogP contribution in [0.25, 0.3) is 0 Å². The van der Waals surface area contributed by atoms with E-state index in [1.807, 2.05) is 0 Å². The minimum atomic E-state index is -1.53. The summed E-state index contributed by atoms with van der Waals surface area (Å²) in [5, 5.41) is 29.6. The second kappa shape index (κ2) is 5.90. The smallest absolute Gasteiger partial charge is 0.270 e. The summed E-state index contributed by atoms with van der Waals surface area (Å²) in [7, 11) is 0. The Kier molecular flexibility index (Phi) is 4.80. The van der Waals surface area contributed by atoms with Gasteiger partial charge in [-0.05, 0) is 12.5 Å². The van der Waals surface area contributed by atoms with Gasteiger partial charge in [0.15, 0.2) is 0 Å². The monoisotopic (exact) mass is 263 g/mol. The number of hydrogen-bond acceptors (Lipinski definition) is 4. The molecule has 0 aliphatic rings. The topological polar surface area (TPSA) is 83.6 Å². The molecule has 0 radical (unpaired) electrons. The molecule has 0 aliphatic carbocycles. The van der Waals surface area contributed by atoms with Crippen molar-refractivity contribution in [2.45, 2.75) is 18.6 Å². The van der Waals surface area contributed by atoms with Crippen LogP contribution in [0, 0.1) is 15.9 Å². The first kappa shape index (κ1) is 13.8. The molecule has 2 N–H and O–H groups in total. The Morgan fingerprint density at radius 2 is 2.12 bits per heavy atom. The molecule has 94 valence electrons. The van der Waals surface area contributed by atoms with Crippen molar-refractivity contribution in [2.75, 3.05) is 5.88 Å². The van der Waals surface area contributed by atoms with Gasteiger partial charge in [-0.2, -0.15) is 0 Å². The Morgan fingerprint density at radius 1 is 1.47 bits per heavy atom. The summed E-state index contributed by atoms with van der Waals surface area (Å²) in [5.41, 5.74) is -0.657. The van der Waals surface area contributed by atoms with Gasteiger partial charge in [0.25, 0.3) is 5.69 Å². The molecule has 0 heterocycles. The Balaban J connectivity index is 3.03. The molecule has 0 aromatic heterocycles. The molecule has 0 bridgehead atoms. The van der Waals surface area contributed by atoms with E-state index in [-0.39, 0.29) is 23.6 Å². The van der Waals surface area contributed by atoms with Gasteiger partial charge in [0.2, 0.25) is 0 Å². The van der Waals surface area contributed by atoms with Gasteiger partial charge in [-0.15, -0.1) is 11.6 Å². The molecule has 1 aromatic carbocycles. The van der Waals surface area contributed by atoms with E-state index in [2.05, 4.69) is 0 Å². The summed E-state index contributed by atoms with van der Waals surface area (Å²) in [6, 6.07) is 2.76. The Labute approximate surface area is 102 Å². The largest absolute Gasteiger partial charge is 0.390 e. The highest BCUT2D eigenvalue weighted by Crippen LogP contribution is 2.26. The van der Waals surface area contributed by atoms with Crippen LogP contribution < -0.4 is 0 Å². The van der Waals surface area contributed by atoms with Gasteiger partial charge in [-0.3, -0.25) is 10.1 Å². The van der Waals surface area contributed by atoms with Crippen LogP contribution in [0.5, 0.6) is 0 Å². The first-order valence-corrected chi connectivity index (χ1v) is 5.36. The number of nitro groups is 1. The van der Waals surface area contributed by atoms with Gasteiger partial charge in [0, 0.05) is 23.6 Å². The lowest BCUT2D eigenvalue weighted by atomic mass is 10.0. The predicted molar refractivity (Wildman–Crippen MR) is 59.4 cm³/mol. The summed E-state index contributed by atoms with van der Waals surface area (Å²) in [4.78, 5) is 9.80. The lowest BCUT2D eigenvalue weighted by Crippen LogP contribution is -2.19. The Morgan fingerprint density at radius 3 is 2.65 bits per heavy atom. The zero-order chi connectivity index (χ0) is 13.0. The van der Waals surface area contributed by atoms with Gasteiger partial charge < -0.3 is 10.2 Å². The second-order valence-corrected chi connectivity index (χ2v) is 3.83. The summed E-state index contributed by atoms with van der Waals surface area (Å²) in [6.45, 7) is 0. The number of aliphatic hydroxyl groups excluding tert-OH is 2. The molecule has 0 fully saturated rings.